The summed E-state index contributed by atoms with van der Waals surface area (Å²) in [7, 11) is 1.66. The first-order valence-corrected chi connectivity index (χ1v) is 8.44. The smallest absolute Gasteiger partial charge is 0.268 e. The number of hydrogen-bond donors (Lipinski definition) is 1. The summed E-state index contributed by atoms with van der Waals surface area (Å²) in [5.41, 5.74) is 1.35. The first-order valence-electron chi connectivity index (χ1n) is 7.18. The van der Waals surface area contributed by atoms with E-state index < -0.39 is 0 Å². The molecule has 24 heavy (non-hydrogen) atoms. The number of carbonyl (C=O) groups excluding carboxylic acids is 1. The van der Waals surface area contributed by atoms with Gasteiger partial charge in [-0.3, -0.25) is 9.59 Å². The van der Waals surface area contributed by atoms with Gasteiger partial charge >= 0.3 is 0 Å². The van der Waals surface area contributed by atoms with Crippen LogP contribution in [0.2, 0.25) is 5.02 Å². The van der Waals surface area contributed by atoms with Gasteiger partial charge in [0.05, 0.1) is 12.1 Å². The van der Waals surface area contributed by atoms with Gasteiger partial charge in [-0.15, -0.1) is 11.3 Å². The molecule has 0 radical (unpaired) electrons. The number of likely N-dealkylation sites (N-methyl/N-ethyl adjacent to an activating group) is 1. The predicted octanol–water partition coefficient (Wildman–Crippen LogP) is 3.31. The van der Waals surface area contributed by atoms with E-state index >= 15 is 0 Å². The Bertz CT molecular complexity index is 960. The molecule has 0 atom stereocenters. The molecule has 0 unspecified atom stereocenters. The lowest BCUT2D eigenvalue weighted by Gasteiger charge is -2.14. The molecular formula is C17H14ClN3O2S. The van der Waals surface area contributed by atoms with Crippen molar-refractivity contribution in [2.75, 3.05) is 7.05 Å². The summed E-state index contributed by atoms with van der Waals surface area (Å²) in [4.78, 5) is 32.7. The SMILES string of the molecule is CN(Cc1nc2ccsc2c(=O)[nH]1)C(=O)/C=C/c1ccc(Cl)cc1. The normalized spacial score (nSPS) is 11.2. The van der Waals surface area contributed by atoms with Crippen molar-refractivity contribution in [1.29, 1.82) is 0 Å². The molecule has 0 aliphatic rings. The number of amides is 1. The van der Waals surface area contributed by atoms with Gasteiger partial charge in [-0.2, -0.15) is 0 Å². The highest BCUT2D eigenvalue weighted by molar-refractivity contribution is 7.17. The first-order chi connectivity index (χ1) is 11.5. The summed E-state index contributed by atoms with van der Waals surface area (Å²) >= 11 is 7.17. The minimum absolute atomic E-state index is 0.178. The first kappa shape index (κ1) is 16.4. The van der Waals surface area contributed by atoms with Gasteiger partial charge in [0.2, 0.25) is 5.91 Å². The van der Waals surface area contributed by atoms with Gasteiger partial charge in [0, 0.05) is 18.1 Å². The number of carbonyl (C=O) groups is 1. The van der Waals surface area contributed by atoms with Crippen LogP contribution in [0.1, 0.15) is 11.4 Å². The minimum atomic E-state index is -0.182. The second kappa shape index (κ2) is 6.98. The summed E-state index contributed by atoms with van der Waals surface area (Å²) in [6, 6.07) is 8.98. The number of thiophene rings is 1. The van der Waals surface area contributed by atoms with Crippen LogP contribution < -0.4 is 5.56 Å². The number of hydrogen-bond acceptors (Lipinski definition) is 4. The van der Waals surface area contributed by atoms with Crippen molar-refractivity contribution in [1.82, 2.24) is 14.9 Å². The standard InChI is InChI=1S/C17H14ClN3O2S/c1-21(15(22)7-4-11-2-5-12(18)6-3-11)10-14-19-13-8-9-24-16(13)17(23)20-14/h2-9H,10H2,1H3,(H,19,20,23)/b7-4+. The van der Waals surface area contributed by atoms with Crippen molar-refractivity contribution in [3.05, 3.63) is 68.6 Å². The minimum Gasteiger partial charge on any atom is -0.335 e. The van der Waals surface area contributed by atoms with E-state index in [1.54, 1.807) is 31.3 Å². The average molecular weight is 360 g/mol. The van der Waals surface area contributed by atoms with Crippen LogP contribution in [0.4, 0.5) is 0 Å². The summed E-state index contributed by atoms with van der Waals surface area (Å²) in [6.45, 7) is 0.227. The summed E-state index contributed by atoms with van der Waals surface area (Å²) in [6.07, 6.45) is 3.19. The molecule has 122 valence electrons. The van der Waals surface area contributed by atoms with E-state index in [4.69, 9.17) is 11.6 Å². The highest BCUT2D eigenvalue weighted by Gasteiger charge is 2.10. The van der Waals surface area contributed by atoms with Gasteiger partial charge < -0.3 is 9.88 Å². The second-order valence-corrected chi connectivity index (χ2v) is 6.58. The molecule has 0 aliphatic heterocycles. The van der Waals surface area contributed by atoms with Crippen LogP contribution in [0.25, 0.3) is 16.3 Å². The lowest BCUT2D eigenvalue weighted by Crippen LogP contribution is -2.26. The number of aromatic amines is 1. The number of nitrogens with zero attached hydrogens (tertiary/aromatic N) is 2. The van der Waals surface area contributed by atoms with Gasteiger partial charge in [0.15, 0.2) is 0 Å². The number of benzene rings is 1. The van der Waals surface area contributed by atoms with Gasteiger partial charge in [0.25, 0.3) is 5.56 Å². The lowest BCUT2D eigenvalue weighted by atomic mass is 10.2. The van der Waals surface area contributed by atoms with Crippen molar-refractivity contribution in [3.8, 4) is 0 Å². The molecule has 0 saturated carbocycles. The van der Waals surface area contributed by atoms with Crippen LogP contribution in [-0.2, 0) is 11.3 Å². The molecule has 1 aromatic carbocycles. The van der Waals surface area contributed by atoms with E-state index in [0.29, 0.717) is 21.1 Å². The third-order valence-electron chi connectivity index (χ3n) is 3.42. The molecular weight excluding hydrogens is 346 g/mol. The summed E-state index contributed by atoms with van der Waals surface area (Å²) in [5, 5.41) is 2.47. The highest BCUT2D eigenvalue weighted by atomic mass is 35.5. The maximum Gasteiger partial charge on any atom is 0.268 e. The Hall–Kier alpha value is -2.44. The third kappa shape index (κ3) is 3.72. The monoisotopic (exact) mass is 359 g/mol. The van der Waals surface area contributed by atoms with Gasteiger partial charge in [0.1, 0.15) is 10.5 Å². The van der Waals surface area contributed by atoms with Crippen LogP contribution in [0, 0.1) is 0 Å². The maximum absolute atomic E-state index is 12.2. The van der Waals surface area contributed by atoms with Gasteiger partial charge in [-0.05, 0) is 35.2 Å². The third-order valence-corrected chi connectivity index (χ3v) is 4.57. The number of nitrogens with one attached hydrogen (secondary N) is 1. The Labute approximate surface area is 147 Å². The topological polar surface area (TPSA) is 66.1 Å². The zero-order valence-corrected chi connectivity index (χ0v) is 14.4. The van der Waals surface area contributed by atoms with E-state index in [9.17, 15) is 9.59 Å². The van der Waals surface area contributed by atoms with Crippen LogP contribution in [0.3, 0.4) is 0 Å². The molecule has 3 rings (SSSR count). The molecule has 0 aliphatic carbocycles. The van der Waals surface area contributed by atoms with Crippen LogP contribution in [0.5, 0.6) is 0 Å². The largest absolute Gasteiger partial charge is 0.335 e. The molecule has 5 nitrogen and oxygen atoms in total. The quantitative estimate of drug-likeness (QED) is 0.727. The zero-order chi connectivity index (χ0) is 17.1. The molecule has 2 aromatic heterocycles. The number of rotatable bonds is 4. The summed E-state index contributed by atoms with van der Waals surface area (Å²) in [5.74, 6) is 0.277. The Morgan fingerprint density at radius 2 is 2.08 bits per heavy atom. The number of aromatic nitrogens is 2. The lowest BCUT2D eigenvalue weighted by molar-refractivity contribution is -0.125. The maximum atomic E-state index is 12.2. The fourth-order valence-corrected chi connectivity index (χ4v) is 3.02. The van der Waals surface area contributed by atoms with Crippen molar-refractivity contribution in [3.63, 3.8) is 0 Å². The fourth-order valence-electron chi connectivity index (χ4n) is 2.17. The summed E-state index contributed by atoms with van der Waals surface area (Å²) < 4.78 is 0.593. The van der Waals surface area contributed by atoms with Crippen molar-refractivity contribution in [2.45, 2.75) is 6.54 Å². The molecule has 0 bridgehead atoms. The molecule has 0 fully saturated rings. The van der Waals surface area contributed by atoms with Crippen molar-refractivity contribution < 1.29 is 4.79 Å². The molecule has 0 spiro atoms. The molecule has 2 heterocycles. The van der Waals surface area contributed by atoms with Crippen LogP contribution in [-0.4, -0.2) is 27.8 Å². The Balaban J connectivity index is 1.70. The molecule has 1 N–H and O–H groups in total. The van der Waals surface area contributed by atoms with E-state index in [0.717, 1.165) is 5.56 Å². The van der Waals surface area contributed by atoms with Crippen molar-refractivity contribution >= 4 is 45.1 Å². The number of H-pyrrole nitrogens is 1. The van der Waals surface area contributed by atoms with Crippen LogP contribution >= 0.6 is 22.9 Å². The predicted molar refractivity (Wildman–Crippen MR) is 97.2 cm³/mol. The molecule has 3 aromatic rings. The highest BCUT2D eigenvalue weighted by Crippen LogP contribution is 2.14. The average Bonchev–Trinajstić information content (AvgIpc) is 3.03. The van der Waals surface area contributed by atoms with Crippen molar-refractivity contribution in [2.24, 2.45) is 0 Å². The second-order valence-electron chi connectivity index (χ2n) is 5.23. The Morgan fingerprint density at radius 1 is 1.33 bits per heavy atom. The molecule has 0 saturated heterocycles. The van der Waals surface area contributed by atoms with Gasteiger partial charge in [-0.1, -0.05) is 23.7 Å². The van der Waals surface area contributed by atoms with E-state index in [1.165, 1.54) is 22.3 Å². The zero-order valence-electron chi connectivity index (χ0n) is 12.8. The van der Waals surface area contributed by atoms with E-state index in [-0.39, 0.29) is 18.0 Å². The Kier molecular flexibility index (Phi) is 4.78. The fraction of sp³-hybridized carbons (Fsp3) is 0.118. The van der Waals surface area contributed by atoms with Crippen LogP contribution in [0.15, 0.2) is 46.6 Å². The molecule has 7 heteroatoms. The van der Waals surface area contributed by atoms with E-state index in [1.807, 2.05) is 17.5 Å². The van der Waals surface area contributed by atoms with Gasteiger partial charge in [-0.25, -0.2) is 4.98 Å². The Morgan fingerprint density at radius 3 is 2.83 bits per heavy atom. The number of fused-ring (bicyclic) bond motifs is 1. The molecule has 1 amide bonds. The number of halogens is 1. The van der Waals surface area contributed by atoms with E-state index in [2.05, 4.69) is 9.97 Å².